The second kappa shape index (κ2) is 6.02. The molecule has 0 saturated carbocycles. The molecule has 0 saturated heterocycles. The van der Waals surface area contributed by atoms with Crippen LogP contribution < -0.4 is 9.47 Å². The van der Waals surface area contributed by atoms with E-state index in [1.54, 1.807) is 18.2 Å². The lowest BCUT2D eigenvalue weighted by Gasteiger charge is -2.11. The van der Waals surface area contributed by atoms with Gasteiger partial charge in [-0.25, -0.2) is 4.79 Å². The van der Waals surface area contributed by atoms with Crippen LogP contribution in [0, 0.1) is 0 Å². The number of benzene rings is 1. The Bertz CT molecular complexity index is 401. The van der Waals surface area contributed by atoms with Gasteiger partial charge in [-0.2, -0.15) is 0 Å². The molecule has 0 spiro atoms. The molecule has 4 nitrogen and oxygen atoms in total. The van der Waals surface area contributed by atoms with Crippen LogP contribution in [0.15, 0.2) is 29.8 Å². The summed E-state index contributed by atoms with van der Waals surface area (Å²) < 4.78 is 10.3. The van der Waals surface area contributed by atoms with Crippen molar-refractivity contribution in [2.45, 2.75) is 0 Å². The van der Waals surface area contributed by atoms with E-state index < -0.39 is 5.97 Å². The fourth-order valence-corrected chi connectivity index (χ4v) is 1.23. The summed E-state index contributed by atoms with van der Waals surface area (Å²) in [7, 11) is 1.45. The standard InChI is InChI=1S/C11H11ClO4/c1-15-9-5-2-4-8(11(13)14)10(9)16-7-3-6-12/h2-6H,7H2,1H3,(H,13,14)/b6-3+. The summed E-state index contributed by atoms with van der Waals surface area (Å²) in [5.74, 6) is -0.487. The Labute approximate surface area is 98.1 Å². The van der Waals surface area contributed by atoms with Gasteiger partial charge in [0.25, 0.3) is 0 Å². The number of hydrogen-bond acceptors (Lipinski definition) is 3. The maximum atomic E-state index is 10.9. The maximum absolute atomic E-state index is 10.9. The molecule has 1 aromatic carbocycles. The minimum Gasteiger partial charge on any atom is -0.493 e. The molecule has 0 aromatic heterocycles. The van der Waals surface area contributed by atoms with Gasteiger partial charge in [0.05, 0.1) is 7.11 Å². The molecule has 0 aliphatic rings. The third-order valence-electron chi connectivity index (χ3n) is 1.84. The molecule has 1 aromatic rings. The summed E-state index contributed by atoms with van der Waals surface area (Å²) in [4.78, 5) is 10.9. The van der Waals surface area contributed by atoms with Crippen molar-refractivity contribution >= 4 is 17.6 Å². The second-order valence-corrected chi connectivity index (χ2v) is 3.07. The zero-order chi connectivity index (χ0) is 12.0. The Kier molecular flexibility index (Phi) is 4.66. The number of carboxylic acids is 1. The molecule has 5 heteroatoms. The van der Waals surface area contributed by atoms with E-state index in [0.717, 1.165) is 0 Å². The van der Waals surface area contributed by atoms with Gasteiger partial charge >= 0.3 is 5.97 Å². The normalized spacial score (nSPS) is 10.4. The van der Waals surface area contributed by atoms with E-state index in [9.17, 15) is 4.79 Å². The lowest BCUT2D eigenvalue weighted by atomic mass is 10.2. The van der Waals surface area contributed by atoms with Crippen molar-refractivity contribution in [3.8, 4) is 11.5 Å². The van der Waals surface area contributed by atoms with Gasteiger partial charge in [-0.15, -0.1) is 0 Å². The van der Waals surface area contributed by atoms with Crippen LogP contribution in [-0.4, -0.2) is 24.8 Å². The van der Waals surface area contributed by atoms with Gasteiger partial charge in [0.1, 0.15) is 12.2 Å². The molecule has 0 aliphatic carbocycles. The molecular weight excluding hydrogens is 232 g/mol. The van der Waals surface area contributed by atoms with Crippen molar-refractivity contribution in [2.75, 3.05) is 13.7 Å². The fraction of sp³-hybridized carbons (Fsp3) is 0.182. The molecule has 0 bridgehead atoms. The minimum atomic E-state index is -1.07. The van der Waals surface area contributed by atoms with Gasteiger partial charge in [-0.05, 0) is 18.2 Å². The average molecular weight is 243 g/mol. The number of halogens is 1. The Morgan fingerprint density at radius 1 is 1.56 bits per heavy atom. The molecule has 0 aliphatic heterocycles. The van der Waals surface area contributed by atoms with Gasteiger partial charge in [-0.3, -0.25) is 0 Å². The zero-order valence-corrected chi connectivity index (χ0v) is 9.40. The highest BCUT2D eigenvalue weighted by molar-refractivity contribution is 6.25. The quantitative estimate of drug-likeness (QED) is 0.862. The molecule has 0 atom stereocenters. The molecule has 1 rings (SSSR count). The molecule has 0 amide bonds. The summed E-state index contributed by atoms with van der Waals surface area (Å²) in [6, 6.07) is 4.67. The number of methoxy groups -OCH3 is 1. The third-order valence-corrected chi connectivity index (χ3v) is 2.02. The Morgan fingerprint density at radius 2 is 2.31 bits per heavy atom. The van der Waals surface area contributed by atoms with Crippen LogP contribution in [0.3, 0.4) is 0 Å². The summed E-state index contributed by atoms with van der Waals surface area (Å²) in [5, 5.41) is 8.96. The number of ether oxygens (including phenoxy) is 2. The van der Waals surface area contributed by atoms with Crippen LogP contribution in [0.25, 0.3) is 0 Å². The molecule has 16 heavy (non-hydrogen) atoms. The number of aromatic carboxylic acids is 1. The highest BCUT2D eigenvalue weighted by Crippen LogP contribution is 2.30. The first-order valence-electron chi connectivity index (χ1n) is 4.49. The number of hydrogen-bond donors (Lipinski definition) is 1. The van der Waals surface area contributed by atoms with Crippen molar-refractivity contribution in [1.29, 1.82) is 0 Å². The van der Waals surface area contributed by atoms with Crippen molar-refractivity contribution in [3.63, 3.8) is 0 Å². The first kappa shape index (κ1) is 12.4. The summed E-state index contributed by atoms with van der Waals surface area (Å²) >= 11 is 5.34. The number of carboxylic acid groups (broad SMARTS) is 1. The van der Waals surface area contributed by atoms with E-state index in [1.807, 2.05) is 0 Å². The SMILES string of the molecule is COc1cccc(C(=O)O)c1OC/C=C/Cl. The second-order valence-electron chi connectivity index (χ2n) is 2.81. The molecule has 1 N–H and O–H groups in total. The molecular formula is C11H11ClO4. The number of rotatable bonds is 5. The molecule has 0 heterocycles. The average Bonchev–Trinajstić information content (AvgIpc) is 2.29. The number of para-hydroxylation sites is 1. The molecule has 86 valence electrons. The van der Waals surface area contributed by atoms with Crippen molar-refractivity contribution in [1.82, 2.24) is 0 Å². The first-order valence-corrected chi connectivity index (χ1v) is 4.92. The lowest BCUT2D eigenvalue weighted by Crippen LogP contribution is -2.04. The van der Waals surface area contributed by atoms with Gasteiger partial charge in [0.2, 0.25) is 0 Å². The monoisotopic (exact) mass is 242 g/mol. The van der Waals surface area contributed by atoms with Crippen LogP contribution >= 0.6 is 11.6 Å². The van der Waals surface area contributed by atoms with Crippen molar-refractivity contribution in [2.24, 2.45) is 0 Å². The predicted molar refractivity (Wildman–Crippen MR) is 60.4 cm³/mol. The molecule has 0 radical (unpaired) electrons. The topological polar surface area (TPSA) is 55.8 Å². The molecule has 0 fully saturated rings. The van der Waals surface area contributed by atoms with E-state index in [1.165, 1.54) is 18.7 Å². The Hall–Kier alpha value is -1.68. The summed E-state index contributed by atoms with van der Waals surface area (Å²) in [5.41, 5.74) is 1.36. The van der Waals surface area contributed by atoms with E-state index in [-0.39, 0.29) is 17.9 Å². The minimum absolute atomic E-state index is 0.0577. The smallest absolute Gasteiger partial charge is 0.339 e. The lowest BCUT2D eigenvalue weighted by molar-refractivity contribution is 0.0692. The van der Waals surface area contributed by atoms with Gasteiger partial charge in [-0.1, -0.05) is 17.7 Å². The number of carbonyl (C=O) groups is 1. The van der Waals surface area contributed by atoms with E-state index in [0.29, 0.717) is 5.75 Å². The van der Waals surface area contributed by atoms with Crippen LogP contribution in [0.1, 0.15) is 10.4 Å². The first-order chi connectivity index (χ1) is 7.70. The third kappa shape index (κ3) is 2.90. The largest absolute Gasteiger partial charge is 0.493 e. The van der Waals surface area contributed by atoms with Gasteiger partial charge in [0.15, 0.2) is 11.5 Å². The highest BCUT2D eigenvalue weighted by Gasteiger charge is 2.15. The van der Waals surface area contributed by atoms with Crippen molar-refractivity contribution < 1.29 is 19.4 Å². The zero-order valence-electron chi connectivity index (χ0n) is 8.64. The maximum Gasteiger partial charge on any atom is 0.339 e. The van der Waals surface area contributed by atoms with Gasteiger partial charge in [0, 0.05) is 5.54 Å². The van der Waals surface area contributed by atoms with Gasteiger partial charge < -0.3 is 14.6 Å². The van der Waals surface area contributed by atoms with Crippen molar-refractivity contribution in [3.05, 3.63) is 35.4 Å². The summed E-state index contributed by atoms with van der Waals surface area (Å²) in [6.07, 6.45) is 1.56. The van der Waals surface area contributed by atoms with E-state index in [2.05, 4.69) is 0 Å². The summed E-state index contributed by atoms with van der Waals surface area (Å²) in [6.45, 7) is 0.185. The van der Waals surface area contributed by atoms with Crippen LogP contribution in [0.4, 0.5) is 0 Å². The van der Waals surface area contributed by atoms with Crippen LogP contribution in [-0.2, 0) is 0 Å². The van der Waals surface area contributed by atoms with E-state index >= 15 is 0 Å². The predicted octanol–water partition coefficient (Wildman–Crippen LogP) is 2.52. The Balaban J connectivity index is 3.04. The fourth-order valence-electron chi connectivity index (χ4n) is 1.16. The van der Waals surface area contributed by atoms with E-state index in [4.69, 9.17) is 26.2 Å². The Morgan fingerprint density at radius 3 is 2.88 bits per heavy atom. The molecule has 0 unspecified atom stereocenters. The highest BCUT2D eigenvalue weighted by atomic mass is 35.5. The van der Waals surface area contributed by atoms with Crippen LogP contribution in [0.5, 0.6) is 11.5 Å². The van der Waals surface area contributed by atoms with Crippen LogP contribution in [0.2, 0.25) is 0 Å².